The molecular formula is C8H6ClF2N3S. The van der Waals surface area contributed by atoms with Gasteiger partial charge in [-0.05, 0) is 18.3 Å². The number of rotatable bonds is 2. The summed E-state index contributed by atoms with van der Waals surface area (Å²) in [4.78, 5) is 6.73. The quantitative estimate of drug-likeness (QED) is 0.830. The highest BCUT2D eigenvalue weighted by Gasteiger charge is 2.10. The fourth-order valence-corrected chi connectivity index (χ4v) is 1.75. The molecule has 7 heteroatoms. The number of alkyl halides is 2. The Morgan fingerprint density at radius 1 is 1.60 bits per heavy atom. The van der Waals surface area contributed by atoms with E-state index in [1.807, 2.05) is 0 Å². The van der Waals surface area contributed by atoms with E-state index in [0.717, 1.165) is 0 Å². The first kappa shape index (κ1) is 10.5. The number of nitrogens with one attached hydrogen (secondary N) is 1. The molecule has 2 heterocycles. The van der Waals surface area contributed by atoms with Crippen LogP contribution in [0.25, 0.3) is 11.2 Å². The lowest BCUT2D eigenvalue weighted by Gasteiger charge is -2.01. The second-order valence-corrected chi connectivity index (χ2v) is 3.78. The molecule has 0 aliphatic rings. The van der Waals surface area contributed by atoms with Crippen molar-refractivity contribution in [2.45, 2.75) is 13.0 Å². The highest BCUT2D eigenvalue weighted by molar-refractivity contribution is 7.71. The van der Waals surface area contributed by atoms with Crippen LogP contribution in [-0.4, -0.2) is 21.0 Å². The van der Waals surface area contributed by atoms with Crippen LogP contribution in [0.4, 0.5) is 8.78 Å². The Bertz CT molecular complexity index is 548. The SMILES string of the molecule is FC(F)Cn1c(=S)[nH]c2cc(Cl)cnc21. The lowest BCUT2D eigenvalue weighted by atomic mass is 10.4. The number of aromatic amines is 1. The van der Waals surface area contributed by atoms with Crippen LogP contribution in [0.1, 0.15) is 0 Å². The van der Waals surface area contributed by atoms with Crippen molar-refractivity contribution in [3.8, 4) is 0 Å². The molecule has 0 atom stereocenters. The Morgan fingerprint density at radius 2 is 2.33 bits per heavy atom. The molecule has 0 aliphatic heterocycles. The van der Waals surface area contributed by atoms with E-state index in [2.05, 4.69) is 9.97 Å². The zero-order valence-electron chi connectivity index (χ0n) is 7.38. The maximum Gasteiger partial charge on any atom is 0.256 e. The molecule has 0 radical (unpaired) electrons. The van der Waals surface area contributed by atoms with Gasteiger partial charge in [0, 0.05) is 6.20 Å². The molecule has 0 unspecified atom stereocenters. The van der Waals surface area contributed by atoms with Crippen molar-refractivity contribution < 1.29 is 8.78 Å². The zero-order chi connectivity index (χ0) is 11.0. The predicted molar refractivity (Wildman–Crippen MR) is 55.9 cm³/mol. The molecule has 0 saturated heterocycles. The van der Waals surface area contributed by atoms with E-state index >= 15 is 0 Å². The smallest absolute Gasteiger partial charge is 0.256 e. The lowest BCUT2D eigenvalue weighted by Crippen LogP contribution is -2.06. The highest BCUT2D eigenvalue weighted by atomic mass is 35.5. The molecule has 0 spiro atoms. The minimum atomic E-state index is -2.46. The largest absolute Gasteiger partial charge is 0.329 e. The molecule has 2 aromatic rings. The van der Waals surface area contributed by atoms with Crippen LogP contribution < -0.4 is 0 Å². The molecule has 2 rings (SSSR count). The van der Waals surface area contributed by atoms with Crippen LogP contribution in [0.15, 0.2) is 12.3 Å². The summed E-state index contributed by atoms with van der Waals surface area (Å²) in [5, 5.41) is 0.433. The van der Waals surface area contributed by atoms with Crippen LogP contribution in [-0.2, 0) is 6.54 Å². The molecule has 15 heavy (non-hydrogen) atoms. The summed E-state index contributed by atoms with van der Waals surface area (Å²) in [6.07, 6.45) is -1.07. The van der Waals surface area contributed by atoms with Gasteiger partial charge in [0.05, 0.1) is 17.1 Å². The van der Waals surface area contributed by atoms with Gasteiger partial charge in [-0.3, -0.25) is 4.57 Å². The molecule has 80 valence electrons. The fraction of sp³-hybridized carbons (Fsp3) is 0.250. The minimum Gasteiger partial charge on any atom is -0.329 e. The Morgan fingerprint density at radius 3 is 3.00 bits per heavy atom. The van der Waals surface area contributed by atoms with Crippen molar-refractivity contribution in [3.63, 3.8) is 0 Å². The number of hydrogen-bond acceptors (Lipinski definition) is 2. The Kier molecular flexibility index (Phi) is 2.70. The van der Waals surface area contributed by atoms with Crippen molar-refractivity contribution in [1.82, 2.24) is 14.5 Å². The summed E-state index contributed by atoms with van der Waals surface area (Å²) in [6.45, 7) is -0.465. The van der Waals surface area contributed by atoms with Gasteiger partial charge < -0.3 is 4.98 Å². The average molecular weight is 250 g/mol. The average Bonchev–Trinajstić information content (AvgIpc) is 2.41. The van der Waals surface area contributed by atoms with Gasteiger partial charge in [-0.2, -0.15) is 0 Å². The van der Waals surface area contributed by atoms with E-state index in [9.17, 15) is 8.78 Å². The van der Waals surface area contributed by atoms with Gasteiger partial charge >= 0.3 is 0 Å². The molecule has 0 bridgehead atoms. The van der Waals surface area contributed by atoms with Crippen LogP contribution in [0, 0.1) is 4.77 Å². The van der Waals surface area contributed by atoms with Gasteiger partial charge in [0.25, 0.3) is 6.43 Å². The molecule has 2 aromatic heterocycles. The second kappa shape index (κ2) is 3.86. The molecule has 0 aliphatic carbocycles. The van der Waals surface area contributed by atoms with Gasteiger partial charge in [-0.15, -0.1) is 0 Å². The van der Waals surface area contributed by atoms with Gasteiger partial charge in [0.15, 0.2) is 10.4 Å². The molecule has 0 saturated carbocycles. The molecule has 1 N–H and O–H groups in total. The van der Waals surface area contributed by atoms with Gasteiger partial charge in [0.2, 0.25) is 0 Å². The maximum atomic E-state index is 12.3. The Labute approximate surface area is 93.7 Å². The van der Waals surface area contributed by atoms with Gasteiger partial charge in [-0.25, -0.2) is 13.8 Å². The summed E-state index contributed by atoms with van der Waals surface area (Å²) in [6, 6.07) is 1.60. The number of H-pyrrole nitrogens is 1. The number of nitrogens with zero attached hydrogens (tertiary/aromatic N) is 2. The van der Waals surface area contributed by atoms with Crippen LogP contribution in [0.3, 0.4) is 0 Å². The second-order valence-electron chi connectivity index (χ2n) is 2.96. The van der Waals surface area contributed by atoms with E-state index in [1.54, 1.807) is 6.07 Å². The van der Waals surface area contributed by atoms with Gasteiger partial charge in [-0.1, -0.05) is 11.6 Å². The van der Waals surface area contributed by atoms with E-state index in [-0.39, 0.29) is 4.77 Å². The third-order valence-corrected chi connectivity index (χ3v) is 2.43. The number of fused-ring (bicyclic) bond motifs is 1. The third kappa shape index (κ3) is 2.00. The topological polar surface area (TPSA) is 33.6 Å². The normalized spacial score (nSPS) is 11.5. The number of pyridine rings is 1. The molecular weight excluding hydrogens is 244 g/mol. The third-order valence-electron chi connectivity index (χ3n) is 1.90. The molecule has 0 amide bonds. The van der Waals surface area contributed by atoms with E-state index < -0.39 is 13.0 Å². The lowest BCUT2D eigenvalue weighted by molar-refractivity contribution is 0.127. The fourth-order valence-electron chi connectivity index (χ4n) is 1.33. The van der Waals surface area contributed by atoms with Crippen LogP contribution >= 0.6 is 23.8 Å². The number of aromatic nitrogens is 3. The highest BCUT2D eigenvalue weighted by Crippen LogP contribution is 2.17. The van der Waals surface area contributed by atoms with Gasteiger partial charge in [0.1, 0.15) is 0 Å². The number of imidazole rings is 1. The number of hydrogen-bond donors (Lipinski definition) is 1. The van der Waals surface area contributed by atoms with Crippen LogP contribution in [0.5, 0.6) is 0 Å². The van der Waals surface area contributed by atoms with Crippen molar-refractivity contribution >= 4 is 35.0 Å². The van der Waals surface area contributed by atoms with Crippen molar-refractivity contribution in [2.75, 3.05) is 0 Å². The summed E-state index contributed by atoms with van der Waals surface area (Å²) in [5.74, 6) is 0. The first-order valence-electron chi connectivity index (χ1n) is 4.10. The molecule has 0 fully saturated rings. The Hall–Kier alpha value is -1.01. The summed E-state index contributed by atoms with van der Waals surface area (Å²) in [5.41, 5.74) is 0.956. The van der Waals surface area contributed by atoms with E-state index in [0.29, 0.717) is 16.2 Å². The minimum absolute atomic E-state index is 0.222. The first-order valence-corrected chi connectivity index (χ1v) is 4.89. The standard InChI is InChI=1S/C8H6ClF2N3S/c9-4-1-5-7(12-2-4)14(3-6(10)11)8(15)13-5/h1-2,6H,3H2,(H,13,15). The summed E-state index contributed by atoms with van der Waals surface area (Å²) in [7, 11) is 0. The Balaban J connectivity index is 2.63. The summed E-state index contributed by atoms with van der Waals surface area (Å²) < 4.78 is 26.0. The van der Waals surface area contributed by atoms with E-state index in [4.69, 9.17) is 23.8 Å². The predicted octanol–water partition coefficient (Wildman–Crippen LogP) is 3.01. The number of halogens is 3. The van der Waals surface area contributed by atoms with Crippen molar-refractivity contribution in [2.24, 2.45) is 0 Å². The van der Waals surface area contributed by atoms with Crippen molar-refractivity contribution in [3.05, 3.63) is 22.1 Å². The van der Waals surface area contributed by atoms with E-state index in [1.165, 1.54) is 10.8 Å². The zero-order valence-corrected chi connectivity index (χ0v) is 8.95. The van der Waals surface area contributed by atoms with Crippen LogP contribution in [0.2, 0.25) is 5.02 Å². The summed E-state index contributed by atoms with van der Waals surface area (Å²) >= 11 is 10.6. The first-order chi connectivity index (χ1) is 7.08. The molecule has 3 nitrogen and oxygen atoms in total. The van der Waals surface area contributed by atoms with Crippen molar-refractivity contribution in [1.29, 1.82) is 0 Å². The monoisotopic (exact) mass is 249 g/mol. The molecule has 0 aromatic carbocycles. The maximum absolute atomic E-state index is 12.3.